The summed E-state index contributed by atoms with van der Waals surface area (Å²) in [7, 11) is -3.07. The number of nitrogens with zero attached hydrogens (tertiary/aromatic N) is 1. The molecule has 3 aromatic rings. The molecule has 0 saturated carbocycles. The van der Waals surface area contributed by atoms with E-state index in [1.165, 1.54) is 0 Å². The van der Waals surface area contributed by atoms with Crippen LogP contribution >= 0.6 is 11.3 Å². The van der Waals surface area contributed by atoms with Crippen molar-refractivity contribution in [1.29, 1.82) is 0 Å². The molecule has 4 rings (SSSR count). The van der Waals surface area contributed by atoms with Crippen LogP contribution in [0.25, 0.3) is 11.0 Å². The first-order chi connectivity index (χ1) is 13.9. The molecule has 1 aliphatic rings. The second kappa shape index (κ2) is 8.30. The van der Waals surface area contributed by atoms with Crippen LogP contribution in [-0.2, 0) is 21.2 Å². The molecular weight excluding hydrogens is 408 g/mol. The third-order valence-electron chi connectivity index (χ3n) is 5.31. The highest BCUT2D eigenvalue weighted by molar-refractivity contribution is 7.91. The van der Waals surface area contributed by atoms with Gasteiger partial charge in [0.1, 0.15) is 11.3 Å². The van der Waals surface area contributed by atoms with Gasteiger partial charge in [0, 0.05) is 16.3 Å². The van der Waals surface area contributed by atoms with Gasteiger partial charge in [-0.25, -0.2) is 8.42 Å². The molecule has 0 spiro atoms. The first-order valence-electron chi connectivity index (χ1n) is 9.65. The number of amides is 1. The zero-order valence-corrected chi connectivity index (χ0v) is 17.8. The molecule has 0 radical (unpaired) electrons. The van der Waals surface area contributed by atoms with Crippen LogP contribution < -0.4 is 5.32 Å². The molecular formula is C21H24N2O4S2. The lowest BCUT2D eigenvalue weighted by atomic mass is 10.2. The van der Waals surface area contributed by atoms with Crippen LogP contribution in [0.15, 0.2) is 52.3 Å². The number of thiophene rings is 1. The largest absolute Gasteiger partial charge is 0.459 e. The molecule has 29 heavy (non-hydrogen) atoms. The van der Waals surface area contributed by atoms with E-state index < -0.39 is 9.84 Å². The molecule has 1 aromatic carbocycles. The predicted molar refractivity (Wildman–Crippen MR) is 115 cm³/mol. The average molecular weight is 433 g/mol. The molecule has 154 valence electrons. The Morgan fingerprint density at radius 1 is 1.31 bits per heavy atom. The van der Waals surface area contributed by atoms with Crippen LogP contribution in [0.3, 0.4) is 0 Å². The molecule has 0 bridgehead atoms. The highest BCUT2D eigenvalue weighted by Gasteiger charge is 2.34. The van der Waals surface area contributed by atoms with E-state index in [0.717, 1.165) is 21.6 Å². The van der Waals surface area contributed by atoms with Crippen LogP contribution in [0.4, 0.5) is 0 Å². The number of carbonyl (C=O) groups excluding carboxylic acids is 1. The van der Waals surface area contributed by atoms with Crippen molar-refractivity contribution in [3.8, 4) is 0 Å². The first-order valence-corrected chi connectivity index (χ1v) is 12.4. The molecule has 2 aromatic heterocycles. The number of sulfone groups is 1. The van der Waals surface area contributed by atoms with Crippen molar-refractivity contribution in [2.45, 2.75) is 32.0 Å². The number of benzene rings is 1. The quantitative estimate of drug-likeness (QED) is 0.619. The fourth-order valence-electron chi connectivity index (χ4n) is 3.67. The summed E-state index contributed by atoms with van der Waals surface area (Å²) < 4.78 is 29.8. The van der Waals surface area contributed by atoms with E-state index in [-0.39, 0.29) is 36.0 Å². The lowest BCUT2D eigenvalue weighted by Crippen LogP contribution is -2.45. The average Bonchev–Trinajstić information content (AvgIpc) is 3.43. The molecule has 1 fully saturated rings. The van der Waals surface area contributed by atoms with Crippen LogP contribution in [0, 0.1) is 0 Å². The number of furan rings is 1. The van der Waals surface area contributed by atoms with Gasteiger partial charge in [-0.05, 0) is 36.9 Å². The summed E-state index contributed by atoms with van der Waals surface area (Å²) in [6, 6.07) is 13.3. The van der Waals surface area contributed by atoms with E-state index in [9.17, 15) is 13.2 Å². The molecule has 1 saturated heterocycles. The lowest BCUT2D eigenvalue weighted by Gasteiger charge is -2.28. The highest BCUT2D eigenvalue weighted by atomic mass is 32.2. The van der Waals surface area contributed by atoms with E-state index in [1.807, 2.05) is 54.8 Å². The first kappa shape index (κ1) is 20.1. The third kappa shape index (κ3) is 4.71. The molecule has 1 amide bonds. The van der Waals surface area contributed by atoms with Gasteiger partial charge in [-0.3, -0.25) is 10.1 Å². The molecule has 0 aliphatic carbocycles. The standard InChI is InChI=1S/C21H24N2O4S2/c1-15(20-11-16-5-2-3-7-19(16)27-20)22-12-21(24)23(13-18-6-4-9-28-18)17-8-10-29(25,26)14-17/h2-7,9,11,15,17,22H,8,10,12-14H2,1H3. The minimum atomic E-state index is -3.07. The molecule has 2 atom stereocenters. The Hall–Kier alpha value is -2.16. The van der Waals surface area contributed by atoms with E-state index in [1.54, 1.807) is 16.2 Å². The number of hydrogen-bond donors (Lipinski definition) is 1. The minimum absolute atomic E-state index is 0.0449. The molecule has 8 heteroatoms. The molecule has 1 N–H and O–H groups in total. The van der Waals surface area contributed by atoms with Crippen molar-refractivity contribution in [3.05, 3.63) is 58.5 Å². The maximum Gasteiger partial charge on any atom is 0.237 e. The minimum Gasteiger partial charge on any atom is -0.459 e. The Bertz CT molecular complexity index is 1060. The maximum absolute atomic E-state index is 13.0. The van der Waals surface area contributed by atoms with Crippen LogP contribution in [-0.4, -0.2) is 43.3 Å². The molecule has 3 heterocycles. The number of rotatable bonds is 7. The van der Waals surface area contributed by atoms with Gasteiger partial charge in [0.2, 0.25) is 5.91 Å². The number of fused-ring (bicyclic) bond motifs is 1. The number of para-hydroxylation sites is 1. The normalized spacial score (nSPS) is 19.4. The summed E-state index contributed by atoms with van der Waals surface area (Å²) in [5.41, 5.74) is 0.818. The smallest absolute Gasteiger partial charge is 0.237 e. The van der Waals surface area contributed by atoms with Gasteiger partial charge in [0.15, 0.2) is 9.84 Å². The van der Waals surface area contributed by atoms with E-state index in [2.05, 4.69) is 5.32 Å². The number of nitrogens with one attached hydrogen (secondary N) is 1. The van der Waals surface area contributed by atoms with Crippen molar-refractivity contribution < 1.29 is 17.6 Å². The van der Waals surface area contributed by atoms with Gasteiger partial charge in [0.25, 0.3) is 0 Å². The Morgan fingerprint density at radius 2 is 2.14 bits per heavy atom. The number of carbonyl (C=O) groups is 1. The van der Waals surface area contributed by atoms with E-state index in [4.69, 9.17) is 4.42 Å². The van der Waals surface area contributed by atoms with Crippen LogP contribution in [0.2, 0.25) is 0 Å². The molecule has 2 unspecified atom stereocenters. The second-order valence-corrected chi connectivity index (χ2v) is 10.7. The monoisotopic (exact) mass is 432 g/mol. The number of hydrogen-bond acceptors (Lipinski definition) is 6. The summed E-state index contributed by atoms with van der Waals surface area (Å²) in [4.78, 5) is 15.8. The van der Waals surface area contributed by atoms with Crippen molar-refractivity contribution in [1.82, 2.24) is 10.2 Å². The zero-order valence-electron chi connectivity index (χ0n) is 16.2. The zero-order chi connectivity index (χ0) is 20.4. The summed E-state index contributed by atoms with van der Waals surface area (Å²) in [5.74, 6) is 0.869. The molecule has 6 nitrogen and oxygen atoms in total. The van der Waals surface area contributed by atoms with Crippen LogP contribution in [0.1, 0.15) is 30.0 Å². The van der Waals surface area contributed by atoms with Gasteiger partial charge in [-0.15, -0.1) is 11.3 Å². The Morgan fingerprint density at radius 3 is 2.83 bits per heavy atom. The predicted octanol–water partition coefficient (Wildman–Crippen LogP) is 3.36. The second-order valence-electron chi connectivity index (χ2n) is 7.45. The van der Waals surface area contributed by atoms with Crippen molar-refractivity contribution in [2.75, 3.05) is 18.1 Å². The highest BCUT2D eigenvalue weighted by Crippen LogP contribution is 2.24. The lowest BCUT2D eigenvalue weighted by molar-refractivity contribution is -0.132. The van der Waals surface area contributed by atoms with Gasteiger partial charge in [-0.2, -0.15) is 0 Å². The Kier molecular flexibility index (Phi) is 5.76. The van der Waals surface area contributed by atoms with Crippen LogP contribution in [0.5, 0.6) is 0 Å². The topological polar surface area (TPSA) is 79.6 Å². The third-order valence-corrected chi connectivity index (χ3v) is 7.92. The van der Waals surface area contributed by atoms with Crippen molar-refractivity contribution in [2.24, 2.45) is 0 Å². The summed E-state index contributed by atoms with van der Waals surface area (Å²) in [6.45, 7) is 2.52. The fourth-order valence-corrected chi connectivity index (χ4v) is 6.10. The molecule has 1 aliphatic heterocycles. The summed E-state index contributed by atoms with van der Waals surface area (Å²) in [6.07, 6.45) is 0.499. The summed E-state index contributed by atoms with van der Waals surface area (Å²) >= 11 is 1.57. The summed E-state index contributed by atoms with van der Waals surface area (Å²) in [5, 5.41) is 6.22. The van der Waals surface area contributed by atoms with Gasteiger partial charge in [0.05, 0.1) is 30.6 Å². The fraction of sp³-hybridized carbons (Fsp3) is 0.381. The SMILES string of the molecule is CC(NCC(=O)N(Cc1cccs1)C1CCS(=O)(=O)C1)c1cc2ccccc2o1. The van der Waals surface area contributed by atoms with E-state index >= 15 is 0 Å². The Balaban J connectivity index is 1.44. The van der Waals surface area contributed by atoms with Gasteiger partial charge < -0.3 is 9.32 Å². The van der Waals surface area contributed by atoms with Crippen molar-refractivity contribution >= 4 is 38.1 Å². The van der Waals surface area contributed by atoms with E-state index in [0.29, 0.717) is 13.0 Å². The van der Waals surface area contributed by atoms with Crippen molar-refractivity contribution in [3.63, 3.8) is 0 Å². The van der Waals surface area contributed by atoms with Gasteiger partial charge >= 0.3 is 0 Å². The van der Waals surface area contributed by atoms with Gasteiger partial charge in [-0.1, -0.05) is 24.3 Å². The maximum atomic E-state index is 13.0. The Labute approximate surface area is 174 Å².